The lowest BCUT2D eigenvalue weighted by atomic mass is 9.84. The van der Waals surface area contributed by atoms with Gasteiger partial charge in [-0.05, 0) is 25.7 Å². The van der Waals surface area contributed by atoms with Crippen molar-refractivity contribution in [1.82, 2.24) is 10.1 Å². The number of aromatic nitrogens is 1. The zero-order valence-electron chi connectivity index (χ0n) is 14.5. The summed E-state index contributed by atoms with van der Waals surface area (Å²) in [7, 11) is 0. The van der Waals surface area contributed by atoms with Crippen LogP contribution in [0.3, 0.4) is 0 Å². The second kappa shape index (κ2) is 6.01. The Labute approximate surface area is 148 Å². The Hall–Kier alpha value is -2.10. The number of hydrogen-bond donors (Lipinski definition) is 0. The van der Waals surface area contributed by atoms with E-state index in [-0.39, 0.29) is 5.91 Å². The Morgan fingerprint density at radius 3 is 2.56 bits per heavy atom. The topological polar surface area (TPSA) is 46.3 Å². The molecule has 0 spiro atoms. The number of benzene rings is 1. The van der Waals surface area contributed by atoms with E-state index in [0.29, 0.717) is 18.0 Å². The molecule has 2 fully saturated rings. The van der Waals surface area contributed by atoms with Crippen LogP contribution in [-0.2, 0) is 0 Å². The van der Waals surface area contributed by atoms with Crippen molar-refractivity contribution in [2.24, 2.45) is 0 Å². The monoisotopic (exact) mass is 336 g/mol. The SMILES string of the molecule is O=C1c2c(-c3ccccc3)noc2C2CCCC2N1C1CCCCC1. The summed E-state index contributed by atoms with van der Waals surface area (Å²) < 4.78 is 5.76. The lowest BCUT2D eigenvalue weighted by Crippen LogP contribution is -2.51. The normalized spacial score (nSPS) is 26.6. The van der Waals surface area contributed by atoms with Gasteiger partial charge in [-0.3, -0.25) is 4.79 Å². The van der Waals surface area contributed by atoms with Crippen LogP contribution < -0.4 is 0 Å². The van der Waals surface area contributed by atoms with Gasteiger partial charge in [0.2, 0.25) is 0 Å². The van der Waals surface area contributed by atoms with Gasteiger partial charge in [-0.15, -0.1) is 0 Å². The highest BCUT2D eigenvalue weighted by atomic mass is 16.5. The van der Waals surface area contributed by atoms with Crippen LogP contribution in [0, 0.1) is 0 Å². The lowest BCUT2D eigenvalue weighted by molar-refractivity contribution is 0.0433. The number of nitrogens with zero attached hydrogens (tertiary/aromatic N) is 2. The number of carbonyl (C=O) groups excluding carboxylic acids is 1. The Bertz CT molecular complexity index is 776. The average Bonchev–Trinajstić information content (AvgIpc) is 3.30. The fourth-order valence-electron chi connectivity index (χ4n) is 5.21. The van der Waals surface area contributed by atoms with Crippen molar-refractivity contribution in [3.63, 3.8) is 0 Å². The van der Waals surface area contributed by atoms with E-state index < -0.39 is 0 Å². The maximum atomic E-state index is 13.5. The Balaban J connectivity index is 1.61. The molecule has 4 heteroatoms. The largest absolute Gasteiger partial charge is 0.360 e. The average molecular weight is 336 g/mol. The maximum Gasteiger partial charge on any atom is 0.260 e. The summed E-state index contributed by atoms with van der Waals surface area (Å²) in [5.74, 6) is 1.34. The number of amides is 1. The molecule has 1 amide bonds. The Kier molecular flexibility index (Phi) is 3.65. The minimum absolute atomic E-state index is 0.158. The van der Waals surface area contributed by atoms with E-state index in [0.717, 1.165) is 48.3 Å². The molecule has 0 saturated heterocycles. The van der Waals surface area contributed by atoms with Gasteiger partial charge in [0.25, 0.3) is 5.91 Å². The molecule has 1 aromatic carbocycles. The van der Waals surface area contributed by atoms with Crippen molar-refractivity contribution in [1.29, 1.82) is 0 Å². The van der Waals surface area contributed by atoms with Gasteiger partial charge in [0.05, 0.1) is 0 Å². The third kappa shape index (κ3) is 2.34. The Morgan fingerprint density at radius 2 is 1.76 bits per heavy atom. The van der Waals surface area contributed by atoms with Crippen molar-refractivity contribution < 1.29 is 9.32 Å². The minimum atomic E-state index is 0.158. The summed E-state index contributed by atoms with van der Waals surface area (Å²) in [5, 5.41) is 4.34. The first-order chi connectivity index (χ1) is 12.3. The molecule has 2 atom stereocenters. The van der Waals surface area contributed by atoms with Crippen LogP contribution in [0.1, 0.15) is 73.4 Å². The highest BCUT2D eigenvalue weighted by Crippen LogP contribution is 2.47. The minimum Gasteiger partial charge on any atom is -0.360 e. The molecule has 2 heterocycles. The van der Waals surface area contributed by atoms with Crippen LogP contribution in [0.15, 0.2) is 34.9 Å². The molecule has 2 unspecified atom stereocenters. The van der Waals surface area contributed by atoms with Crippen LogP contribution in [0.5, 0.6) is 0 Å². The van der Waals surface area contributed by atoms with Gasteiger partial charge in [0, 0.05) is 23.6 Å². The molecule has 4 nitrogen and oxygen atoms in total. The highest BCUT2D eigenvalue weighted by molar-refractivity contribution is 6.02. The van der Waals surface area contributed by atoms with Crippen molar-refractivity contribution in [2.45, 2.75) is 69.4 Å². The first kappa shape index (κ1) is 15.2. The molecule has 25 heavy (non-hydrogen) atoms. The van der Waals surface area contributed by atoms with Crippen LogP contribution >= 0.6 is 0 Å². The predicted molar refractivity (Wildman–Crippen MR) is 95.4 cm³/mol. The fourth-order valence-corrected chi connectivity index (χ4v) is 5.21. The molecule has 0 bridgehead atoms. The third-order valence-corrected chi connectivity index (χ3v) is 6.36. The van der Waals surface area contributed by atoms with Gasteiger partial charge < -0.3 is 9.42 Å². The smallest absolute Gasteiger partial charge is 0.260 e. The zero-order valence-corrected chi connectivity index (χ0v) is 14.5. The molecule has 2 aliphatic carbocycles. The molecule has 0 radical (unpaired) electrons. The van der Waals surface area contributed by atoms with E-state index in [1.165, 1.54) is 25.7 Å². The molecule has 130 valence electrons. The van der Waals surface area contributed by atoms with Crippen molar-refractivity contribution in [3.8, 4) is 11.3 Å². The predicted octanol–water partition coefficient (Wildman–Crippen LogP) is 4.77. The van der Waals surface area contributed by atoms with E-state index in [1.54, 1.807) is 0 Å². The first-order valence-electron chi connectivity index (χ1n) is 9.72. The van der Waals surface area contributed by atoms with Gasteiger partial charge >= 0.3 is 0 Å². The quantitative estimate of drug-likeness (QED) is 0.794. The number of carbonyl (C=O) groups is 1. The van der Waals surface area contributed by atoms with Gasteiger partial charge in [-0.1, -0.05) is 61.2 Å². The second-order valence-corrected chi connectivity index (χ2v) is 7.75. The van der Waals surface area contributed by atoms with E-state index >= 15 is 0 Å². The van der Waals surface area contributed by atoms with Gasteiger partial charge in [-0.25, -0.2) is 0 Å². The van der Waals surface area contributed by atoms with Gasteiger partial charge in [0.15, 0.2) is 5.76 Å². The number of rotatable bonds is 2. The van der Waals surface area contributed by atoms with Crippen LogP contribution in [0.4, 0.5) is 0 Å². The van der Waals surface area contributed by atoms with E-state index in [1.807, 2.05) is 30.3 Å². The van der Waals surface area contributed by atoms with Crippen molar-refractivity contribution in [2.75, 3.05) is 0 Å². The first-order valence-corrected chi connectivity index (χ1v) is 9.72. The van der Waals surface area contributed by atoms with Crippen LogP contribution in [-0.4, -0.2) is 28.0 Å². The summed E-state index contributed by atoms with van der Waals surface area (Å²) in [4.78, 5) is 15.8. The van der Waals surface area contributed by atoms with E-state index in [9.17, 15) is 4.79 Å². The number of hydrogen-bond acceptors (Lipinski definition) is 3. The van der Waals surface area contributed by atoms with Gasteiger partial charge in [-0.2, -0.15) is 0 Å². The zero-order chi connectivity index (χ0) is 16.8. The fraction of sp³-hybridized carbons (Fsp3) is 0.524. The molecular weight excluding hydrogens is 312 g/mol. The summed E-state index contributed by atoms with van der Waals surface area (Å²) in [5.41, 5.74) is 2.44. The molecule has 2 aromatic rings. The molecule has 1 aromatic heterocycles. The molecule has 0 N–H and O–H groups in total. The van der Waals surface area contributed by atoms with Crippen LogP contribution in [0.2, 0.25) is 0 Å². The lowest BCUT2D eigenvalue weighted by Gasteiger charge is -2.43. The van der Waals surface area contributed by atoms with E-state index in [2.05, 4.69) is 10.1 Å². The van der Waals surface area contributed by atoms with Crippen LogP contribution in [0.25, 0.3) is 11.3 Å². The molecule has 2 saturated carbocycles. The summed E-state index contributed by atoms with van der Waals surface area (Å²) in [6, 6.07) is 10.7. The van der Waals surface area contributed by atoms with Crippen molar-refractivity contribution >= 4 is 5.91 Å². The second-order valence-electron chi connectivity index (χ2n) is 7.75. The molecule has 1 aliphatic heterocycles. The Morgan fingerprint density at radius 1 is 0.960 bits per heavy atom. The standard InChI is InChI=1S/C21H24N2O2/c24-21-18-19(14-8-3-1-4-9-14)22-25-20(18)16-12-7-13-17(16)23(21)15-10-5-2-6-11-15/h1,3-4,8-9,15-17H,2,5-7,10-13H2. The maximum absolute atomic E-state index is 13.5. The molecular formula is C21H24N2O2. The van der Waals surface area contributed by atoms with Crippen molar-refractivity contribution in [3.05, 3.63) is 41.7 Å². The molecule has 5 rings (SSSR count). The van der Waals surface area contributed by atoms with E-state index in [4.69, 9.17) is 4.52 Å². The summed E-state index contributed by atoms with van der Waals surface area (Å²) in [6.45, 7) is 0. The summed E-state index contributed by atoms with van der Waals surface area (Å²) in [6.07, 6.45) is 9.48. The summed E-state index contributed by atoms with van der Waals surface area (Å²) >= 11 is 0. The highest BCUT2D eigenvalue weighted by Gasteiger charge is 2.48. The third-order valence-electron chi connectivity index (χ3n) is 6.36. The van der Waals surface area contributed by atoms with Gasteiger partial charge in [0.1, 0.15) is 11.3 Å². The number of fused-ring (bicyclic) bond motifs is 3. The molecule has 3 aliphatic rings.